The minimum absolute atomic E-state index is 0.230. The minimum Gasteiger partial charge on any atom is -0.480 e. The molecule has 7 heteroatoms. The van der Waals surface area contributed by atoms with Gasteiger partial charge in [0.25, 0.3) is 11.6 Å². The van der Waals surface area contributed by atoms with Crippen molar-refractivity contribution in [1.29, 1.82) is 0 Å². The molecular weight excluding hydrogens is 430 g/mol. The van der Waals surface area contributed by atoms with Crippen LogP contribution in [0.3, 0.4) is 0 Å². The van der Waals surface area contributed by atoms with Crippen molar-refractivity contribution in [3.05, 3.63) is 93.4 Å². The number of aromatic hydroxyl groups is 1. The summed E-state index contributed by atoms with van der Waals surface area (Å²) in [6, 6.07) is 15.8. The SMILES string of the molecule is CC(=O)C(Cc1ccc(C#Cc2ccc(CN3CCOCC3)cc2)cc1)n1c(O)nccc1=O. The van der Waals surface area contributed by atoms with E-state index in [0.717, 1.165) is 54.1 Å². The number of ketones is 1. The lowest BCUT2D eigenvalue weighted by Crippen LogP contribution is -2.35. The molecule has 0 amide bonds. The minimum atomic E-state index is -0.825. The molecule has 1 atom stereocenters. The Balaban J connectivity index is 1.41. The summed E-state index contributed by atoms with van der Waals surface area (Å²) in [5, 5.41) is 9.98. The molecule has 0 saturated carbocycles. The Labute approximate surface area is 198 Å². The predicted octanol–water partition coefficient (Wildman–Crippen LogP) is 2.55. The van der Waals surface area contributed by atoms with Crippen molar-refractivity contribution in [2.45, 2.75) is 25.9 Å². The van der Waals surface area contributed by atoms with Crippen molar-refractivity contribution in [2.24, 2.45) is 0 Å². The number of rotatable bonds is 6. The van der Waals surface area contributed by atoms with Crippen molar-refractivity contribution in [1.82, 2.24) is 14.5 Å². The van der Waals surface area contributed by atoms with Gasteiger partial charge in [0.1, 0.15) is 6.04 Å². The number of carbonyl (C=O) groups excluding carboxylic acids is 1. The molecule has 34 heavy (non-hydrogen) atoms. The molecule has 0 radical (unpaired) electrons. The van der Waals surface area contributed by atoms with Crippen LogP contribution in [-0.4, -0.2) is 51.6 Å². The molecule has 1 fully saturated rings. The second-order valence-corrected chi connectivity index (χ2v) is 8.32. The Hall–Kier alpha value is -3.73. The van der Waals surface area contributed by atoms with Crippen LogP contribution in [0.15, 0.2) is 65.6 Å². The van der Waals surface area contributed by atoms with Crippen molar-refractivity contribution in [3.63, 3.8) is 0 Å². The third-order valence-electron chi connectivity index (χ3n) is 5.84. The molecule has 2 aromatic carbocycles. The molecule has 4 rings (SSSR count). The largest absolute Gasteiger partial charge is 0.480 e. The lowest BCUT2D eigenvalue weighted by molar-refractivity contribution is -0.120. The van der Waals surface area contributed by atoms with Crippen LogP contribution in [0, 0.1) is 11.8 Å². The number of ether oxygens (including phenoxy) is 1. The van der Waals surface area contributed by atoms with Gasteiger partial charge in [0.2, 0.25) is 0 Å². The zero-order valence-electron chi connectivity index (χ0n) is 19.1. The van der Waals surface area contributed by atoms with E-state index in [1.165, 1.54) is 24.8 Å². The molecule has 1 aliphatic heterocycles. The number of carbonyl (C=O) groups is 1. The smallest absolute Gasteiger partial charge is 0.297 e. The number of nitrogens with zero attached hydrogens (tertiary/aromatic N) is 3. The van der Waals surface area contributed by atoms with Crippen molar-refractivity contribution in [3.8, 4) is 17.9 Å². The second-order valence-electron chi connectivity index (χ2n) is 8.32. The summed E-state index contributed by atoms with van der Waals surface area (Å²) in [5.41, 5.74) is 3.44. The lowest BCUT2D eigenvalue weighted by Gasteiger charge is -2.26. The standard InChI is InChI=1S/C27H27N3O4/c1-20(31)25(30-26(32)12-13-28-27(30)33)18-23-8-4-21(5-9-23)2-3-22-6-10-24(11-7-22)19-29-14-16-34-17-15-29/h4-13,25H,14-19H2,1H3,(H,28,33). The van der Waals surface area contributed by atoms with Crippen LogP contribution >= 0.6 is 0 Å². The van der Waals surface area contributed by atoms with Gasteiger partial charge in [0.05, 0.1) is 13.2 Å². The number of benzene rings is 2. The van der Waals surface area contributed by atoms with Gasteiger partial charge in [-0.15, -0.1) is 0 Å². The first kappa shape index (κ1) is 23.4. The molecule has 1 aliphatic rings. The lowest BCUT2D eigenvalue weighted by atomic mass is 10.0. The quantitative estimate of drug-likeness (QED) is 0.573. The van der Waals surface area contributed by atoms with Crippen LogP contribution in [-0.2, 0) is 22.5 Å². The van der Waals surface area contributed by atoms with Crippen LogP contribution in [0.4, 0.5) is 0 Å². The summed E-state index contributed by atoms with van der Waals surface area (Å²) in [5.74, 6) is 6.12. The maximum Gasteiger partial charge on any atom is 0.297 e. The number of Topliss-reactive ketones (excluding diaryl/α,β-unsaturated/α-hetero) is 1. The first-order valence-corrected chi connectivity index (χ1v) is 11.3. The Morgan fingerprint density at radius 2 is 1.59 bits per heavy atom. The van der Waals surface area contributed by atoms with E-state index in [1.54, 1.807) is 0 Å². The molecule has 2 heterocycles. The maximum absolute atomic E-state index is 12.2. The topological polar surface area (TPSA) is 84.7 Å². The van der Waals surface area contributed by atoms with Crippen LogP contribution in [0.5, 0.6) is 6.01 Å². The molecule has 3 aromatic rings. The molecule has 0 spiro atoms. The van der Waals surface area contributed by atoms with Gasteiger partial charge in [-0.2, -0.15) is 0 Å². The number of morpholine rings is 1. The highest BCUT2D eigenvalue weighted by atomic mass is 16.5. The number of aromatic nitrogens is 2. The Morgan fingerprint density at radius 3 is 2.15 bits per heavy atom. The average molecular weight is 458 g/mol. The molecular formula is C27H27N3O4. The number of hydrogen-bond acceptors (Lipinski definition) is 6. The average Bonchev–Trinajstić information content (AvgIpc) is 2.84. The normalized spacial score (nSPS) is 14.7. The summed E-state index contributed by atoms with van der Waals surface area (Å²) in [6.07, 6.45) is 1.49. The second kappa shape index (κ2) is 10.9. The third kappa shape index (κ3) is 5.98. The molecule has 0 aliphatic carbocycles. The fraction of sp³-hybridized carbons (Fsp3) is 0.296. The van der Waals surface area contributed by atoms with E-state index in [4.69, 9.17) is 4.74 Å². The van der Waals surface area contributed by atoms with Crippen LogP contribution in [0.1, 0.15) is 35.2 Å². The molecule has 1 unspecified atom stereocenters. The third-order valence-corrected chi connectivity index (χ3v) is 5.84. The Bertz CT molecular complexity index is 1250. The summed E-state index contributed by atoms with van der Waals surface area (Å²) in [6.45, 7) is 5.83. The van der Waals surface area contributed by atoms with Gasteiger partial charge in [0, 0.05) is 49.4 Å². The van der Waals surface area contributed by atoms with E-state index < -0.39 is 17.6 Å². The van der Waals surface area contributed by atoms with E-state index in [0.29, 0.717) is 0 Å². The highest BCUT2D eigenvalue weighted by molar-refractivity contribution is 5.80. The van der Waals surface area contributed by atoms with E-state index in [2.05, 4.69) is 33.9 Å². The van der Waals surface area contributed by atoms with Crippen LogP contribution in [0.25, 0.3) is 0 Å². The highest BCUT2D eigenvalue weighted by Crippen LogP contribution is 2.18. The van der Waals surface area contributed by atoms with Crippen molar-refractivity contribution < 1.29 is 14.6 Å². The van der Waals surface area contributed by atoms with Crippen LogP contribution < -0.4 is 5.56 Å². The fourth-order valence-corrected chi connectivity index (χ4v) is 3.92. The van der Waals surface area contributed by atoms with E-state index in [9.17, 15) is 14.7 Å². The predicted molar refractivity (Wildman–Crippen MR) is 129 cm³/mol. The van der Waals surface area contributed by atoms with Gasteiger partial charge < -0.3 is 9.84 Å². The van der Waals surface area contributed by atoms with Crippen LogP contribution in [0.2, 0.25) is 0 Å². The molecule has 1 aromatic heterocycles. The fourth-order valence-electron chi connectivity index (χ4n) is 3.92. The van der Waals surface area contributed by atoms with Crippen molar-refractivity contribution in [2.75, 3.05) is 26.3 Å². The summed E-state index contributed by atoms with van der Waals surface area (Å²) >= 11 is 0. The first-order chi connectivity index (χ1) is 16.5. The van der Waals surface area contributed by atoms with Gasteiger partial charge >= 0.3 is 0 Å². The Morgan fingerprint density at radius 1 is 1.00 bits per heavy atom. The van der Waals surface area contributed by atoms with Gasteiger partial charge in [0.15, 0.2) is 5.78 Å². The van der Waals surface area contributed by atoms with Gasteiger partial charge in [-0.1, -0.05) is 36.1 Å². The molecule has 1 saturated heterocycles. The Kier molecular flexibility index (Phi) is 7.53. The monoisotopic (exact) mass is 457 g/mol. The van der Waals surface area contributed by atoms with E-state index in [1.807, 2.05) is 36.4 Å². The molecule has 0 bridgehead atoms. The zero-order valence-corrected chi connectivity index (χ0v) is 19.1. The first-order valence-electron chi connectivity index (χ1n) is 11.3. The summed E-state index contributed by atoms with van der Waals surface area (Å²) in [4.78, 5) is 30.5. The summed E-state index contributed by atoms with van der Waals surface area (Å²) in [7, 11) is 0. The van der Waals surface area contributed by atoms with E-state index >= 15 is 0 Å². The zero-order chi connectivity index (χ0) is 23.9. The maximum atomic E-state index is 12.2. The highest BCUT2D eigenvalue weighted by Gasteiger charge is 2.21. The van der Waals surface area contributed by atoms with Gasteiger partial charge in [-0.05, 0) is 42.3 Å². The number of hydrogen-bond donors (Lipinski definition) is 1. The van der Waals surface area contributed by atoms with Crippen molar-refractivity contribution >= 4 is 5.78 Å². The van der Waals surface area contributed by atoms with Gasteiger partial charge in [-0.25, -0.2) is 4.98 Å². The molecule has 1 N–H and O–H groups in total. The van der Waals surface area contributed by atoms with Gasteiger partial charge in [-0.3, -0.25) is 19.1 Å². The van der Waals surface area contributed by atoms with E-state index in [-0.39, 0.29) is 12.2 Å². The summed E-state index contributed by atoms with van der Waals surface area (Å²) < 4.78 is 6.42. The molecule has 7 nitrogen and oxygen atoms in total. The molecule has 174 valence electrons.